The van der Waals surface area contributed by atoms with Gasteiger partial charge in [-0.2, -0.15) is 0 Å². The van der Waals surface area contributed by atoms with Crippen molar-refractivity contribution in [3.05, 3.63) is 77.7 Å². The zero-order valence-corrected chi connectivity index (χ0v) is 19.0. The number of aromatic nitrogens is 1. The molecule has 8 heteroatoms. The lowest BCUT2D eigenvalue weighted by Crippen LogP contribution is -2.38. The first-order valence-corrected chi connectivity index (χ1v) is 11.2. The fourth-order valence-electron chi connectivity index (χ4n) is 3.77. The Morgan fingerprint density at radius 2 is 1.79 bits per heavy atom. The second kappa shape index (κ2) is 11.0. The van der Waals surface area contributed by atoms with Gasteiger partial charge < -0.3 is 15.4 Å². The van der Waals surface area contributed by atoms with Crippen molar-refractivity contribution < 1.29 is 18.7 Å². The lowest BCUT2D eigenvalue weighted by molar-refractivity contribution is -0.116. The molecule has 0 unspecified atom stereocenters. The van der Waals surface area contributed by atoms with Crippen LogP contribution in [0.2, 0.25) is 0 Å². The van der Waals surface area contributed by atoms with Gasteiger partial charge in [-0.1, -0.05) is 30.3 Å². The molecule has 1 aliphatic heterocycles. The van der Waals surface area contributed by atoms with Gasteiger partial charge in [-0.3, -0.25) is 19.5 Å². The Morgan fingerprint density at radius 1 is 1.03 bits per heavy atom. The van der Waals surface area contributed by atoms with E-state index in [0.29, 0.717) is 36.7 Å². The predicted octanol–water partition coefficient (Wildman–Crippen LogP) is 4.11. The Kier molecular flexibility index (Phi) is 7.61. The Labute approximate surface area is 198 Å². The fourth-order valence-corrected chi connectivity index (χ4v) is 3.77. The molecule has 2 heterocycles. The topological polar surface area (TPSA) is 83.6 Å². The van der Waals surface area contributed by atoms with E-state index in [-0.39, 0.29) is 23.9 Å². The highest BCUT2D eigenvalue weighted by molar-refractivity contribution is 6.05. The monoisotopic (exact) mass is 462 g/mol. The molecule has 1 aliphatic rings. The van der Waals surface area contributed by atoms with Crippen LogP contribution in [0.4, 0.5) is 15.8 Å². The minimum Gasteiger partial charge on any atom is -0.379 e. The first-order valence-electron chi connectivity index (χ1n) is 11.2. The van der Waals surface area contributed by atoms with Gasteiger partial charge in [0.25, 0.3) is 5.91 Å². The maximum Gasteiger partial charge on any atom is 0.257 e. The molecule has 4 rings (SSSR count). The number of rotatable bonds is 7. The van der Waals surface area contributed by atoms with E-state index in [0.717, 1.165) is 24.3 Å². The van der Waals surface area contributed by atoms with Crippen molar-refractivity contribution >= 4 is 23.2 Å². The van der Waals surface area contributed by atoms with Crippen molar-refractivity contribution in [3.63, 3.8) is 0 Å². The average molecular weight is 463 g/mol. The van der Waals surface area contributed by atoms with Gasteiger partial charge in [0.05, 0.1) is 35.9 Å². The number of pyridine rings is 1. The third-order valence-electron chi connectivity index (χ3n) is 5.66. The van der Waals surface area contributed by atoms with Gasteiger partial charge in [-0.15, -0.1) is 0 Å². The van der Waals surface area contributed by atoms with E-state index in [9.17, 15) is 14.0 Å². The van der Waals surface area contributed by atoms with Crippen LogP contribution >= 0.6 is 0 Å². The first kappa shape index (κ1) is 23.5. The minimum atomic E-state index is -0.567. The molecule has 3 aromatic rings. The van der Waals surface area contributed by atoms with Crippen LogP contribution in [0.15, 0.2) is 60.7 Å². The zero-order valence-electron chi connectivity index (χ0n) is 19.0. The van der Waals surface area contributed by atoms with E-state index in [1.807, 2.05) is 30.3 Å². The quantitative estimate of drug-likeness (QED) is 0.552. The number of halogens is 1. The van der Waals surface area contributed by atoms with Crippen molar-refractivity contribution in [1.29, 1.82) is 0 Å². The highest BCUT2D eigenvalue weighted by Crippen LogP contribution is 2.22. The first-order chi connectivity index (χ1) is 16.5. The second-order valence-electron chi connectivity index (χ2n) is 8.10. The molecule has 34 heavy (non-hydrogen) atoms. The van der Waals surface area contributed by atoms with Crippen LogP contribution < -0.4 is 10.6 Å². The Hall–Kier alpha value is -3.62. The van der Waals surface area contributed by atoms with Gasteiger partial charge in [0, 0.05) is 37.3 Å². The summed E-state index contributed by atoms with van der Waals surface area (Å²) in [6.07, 6.45) is 0.245. The summed E-state index contributed by atoms with van der Waals surface area (Å²) < 4.78 is 19.6. The van der Waals surface area contributed by atoms with Crippen LogP contribution in [0.1, 0.15) is 22.5 Å². The summed E-state index contributed by atoms with van der Waals surface area (Å²) in [5.41, 5.74) is 3.14. The summed E-state index contributed by atoms with van der Waals surface area (Å²) in [6, 6.07) is 17.3. The average Bonchev–Trinajstić information content (AvgIpc) is 2.86. The molecule has 0 radical (unpaired) electrons. The number of hydrogen-bond donors (Lipinski definition) is 2. The number of ether oxygens (including phenoxy) is 1. The fraction of sp³-hybridized carbons (Fsp3) is 0.269. The molecular weight excluding hydrogens is 435 g/mol. The molecule has 0 atom stereocenters. The molecule has 176 valence electrons. The summed E-state index contributed by atoms with van der Waals surface area (Å²) >= 11 is 0. The number of morpholine rings is 1. The molecule has 7 nitrogen and oxygen atoms in total. The molecule has 2 N–H and O–H groups in total. The molecule has 2 aromatic carbocycles. The maximum atomic E-state index is 14.3. The van der Waals surface area contributed by atoms with Crippen molar-refractivity contribution in [2.45, 2.75) is 13.3 Å². The summed E-state index contributed by atoms with van der Waals surface area (Å²) in [7, 11) is 0. The summed E-state index contributed by atoms with van der Waals surface area (Å²) in [5.74, 6) is -1.21. The zero-order chi connectivity index (χ0) is 23.9. The van der Waals surface area contributed by atoms with Gasteiger partial charge >= 0.3 is 0 Å². The van der Waals surface area contributed by atoms with Crippen LogP contribution in [0, 0.1) is 12.7 Å². The van der Waals surface area contributed by atoms with Gasteiger partial charge in [0.15, 0.2) is 0 Å². The summed E-state index contributed by atoms with van der Waals surface area (Å²) in [6.45, 7) is 5.22. The number of nitrogens with one attached hydrogen (secondary N) is 2. The normalized spacial score (nSPS) is 13.9. The van der Waals surface area contributed by atoms with Gasteiger partial charge in [-0.25, -0.2) is 4.39 Å². The van der Waals surface area contributed by atoms with E-state index in [1.165, 1.54) is 18.2 Å². The standard InChI is InChI=1S/C26H27FN4O3/c1-18-21(8-10-23(28-18)19-5-3-2-4-6-19)26(33)29-20-7-9-22(27)24(17-20)30-25(32)11-12-31-13-15-34-16-14-31/h2-10,17H,11-16H2,1H3,(H,29,33)(H,30,32). The van der Waals surface area contributed by atoms with E-state index in [2.05, 4.69) is 20.5 Å². The number of amides is 2. The maximum absolute atomic E-state index is 14.3. The third-order valence-corrected chi connectivity index (χ3v) is 5.66. The number of nitrogens with zero attached hydrogens (tertiary/aromatic N) is 2. The van der Waals surface area contributed by atoms with Gasteiger partial charge in [0.1, 0.15) is 5.82 Å². The smallest absolute Gasteiger partial charge is 0.257 e. The molecule has 0 spiro atoms. The number of hydrogen-bond acceptors (Lipinski definition) is 5. The number of carbonyl (C=O) groups excluding carboxylic acids is 2. The van der Waals surface area contributed by atoms with Crippen molar-refractivity contribution in [2.75, 3.05) is 43.5 Å². The SMILES string of the molecule is Cc1nc(-c2ccccc2)ccc1C(=O)Nc1ccc(F)c(NC(=O)CCN2CCOCC2)c1. The third kappa shape index (κ3) is 6.03. The Balaban J connectivity index is 1.39. The molecule has 2 amide bonds. The largest absolute Gasteiger partial charge is 0.379 e. The number of carbonyl (C=O) groups is 2. The Bertz CT molecular complexity index is 1160. The molecule has 1 aromatic heterocycles. The van der Waals surface area contributed by atoms with Crippen LogP contribution in [0.25, 0.3) is 11.3 Å². The summed E-state index contributed by atoms with van der Waals surface area (Å²) in [4.78, 5) is 31.8. The Morgan fingerprint density at radius 3 is 2.53 bits per heavy atom. The summed E-state index contributed by atoms with van der Waals surface area (Å²) in [5, 5.41) is 5.37. The van der Waals surface area contributed by atoms with Crippen LogP contribution in [-0.2, 0) is 9.53 Å². The lowest BCUT2D eigenvalue weighted by atomic mass is 10.1. The van der Waals surface area contributed by atoms with Crippen molar-refractivity contribution in [3.8, 4) is 11.3 Å². The molecule has 0 saturated carbocycles. The van der Waals surface area contributed by atoms with E-state index in [4.69, 9.17) is 4.74 Å². The molecular formula is C26H27FN4O3. The molecule has 1 saturated heterocycles. The minimum absolute atomic E-state index is 0.0269. The van der Waals surface area contributed by atoms with Crippen LogP contribution in [-0.4, -0.2) is 54.5 Å². The number of anilines is 2. The number of aryl methyl sites for hydroxylation is 1. The van der Waals surface area contributed by atoms with Crippen molar-refractivity contribution in [1.82, 2.24) is 9.88 Å². The predicted molar refractivity (Wildman–Crippen MR) is 129 cm³/mol. The second-order valence-corrected chi connectivity index (χ2v) is 8.10. The highest BCUT2D eigenvalue weighted by atomic mass is 19.1. The highest BCUT2D eigenvalue weighted by Gasteiger charge is 2.15. The molecule has 0 bridgehead atoms. The van der Waals surface area contributed by atoms with Crippen molar-refractivity contribution in [2.24, 2.45) is 0 Å². The van der Waals surface area contributed by atoms with Crippen LogP contribution in [0.3, 0.4) is 0 Å². The van der Waals surface area contributed by atoms with E-state index < -0.39 is 5.82 Å². The van der Waals surface area contributed by atoms with E-state index in [1.54, 1.807) is 19.1 Å². The molecule has 1 fully saturated rings. The number of benzene rings is 2. The molecule has 0 aliphatic carbocycles. The van der Waals surface area contributed by atoms with Gasteiger partial charge in [-0.05, 0) is 37.3 Å². The van der Waals surface area contributed by atoms with Crippen LogP contribution in [0.5, 0.6) is 0 Å². The van der Waals surface area contributed by atoms with E-state index >= 15 is 0 Å². The lowest BCUT2D eigenvalue weighted by Gasteiger charge is -2.26. The van der Waals surface area contributed by atoms with Gasteiger partial charge in [0.2, 0.25) is 5.91 Å².